The molecule has 2 heterocycles. The maximum absolute atomic E-state index is 11.7. The maximum atomic E-state index is 11.7. The van der Waals surface area contributed by atoms with Crippen molar-refractivity contribution in [2.75, 3.05) is 6.54 Å². The number of hydrogen-bond acceptors (Lipinski definition) is 2. The summed E-state index contributed by atoms with van der Waals surface area (Å²) in [6, 6.07) is 10.4. The predicted octanol–water partition coefficient (Wildman–Crippen LogP) is 0.768. The molecule has 2 aliphatic heterocycles. The number of fused-ring (bicyclic) bond motifs is 1. The Kier molecular flexibility index (Phi) is 3.00. The molecule has 2 atom stereocenters. The van der Waals surface area contributed by atoms with E-state index < -0.39 is 0 Å². The van der Waals surface area contributed by atoms with E-state index in [1.807, 2.05) is 23.1 Å². The average Bonchev–Trinajstić information content (AvgIpc) is 2.94. The van der Waals surface area contributed by atoms with E-state index in [9.17, 15) is 9.59 Å². The van der Waals surface area contributed by atoms with Gasteiger partial charge in [-0.1, -0.05) is 0 Å². The van der Waals surface area contributed by atoms with Crippen LogP contribution in [-0.2, 0) is 9.59 Å². The van der Waals surface area contributed by atoms with E-state index in [1.54, 1.807) is 0 Å². The first-order valence-corrected chi connectivity index (χ1v) is 7.96. The van der Waals surface area contributed by atoms with Crippen molar-refractivity contribution < 1.29 is 9.59 Å². The van der Waals surface area contributed by atoms with E-state index in [0.717, 1.165) is 25.7 Å². The zero-order valence-electron chi connectivity index (χ0n) is 10.0. The quantitative estimate of drug-likeness (QED) is 0.611. The molecule has 94 valence electrons. The molecule has 2 fully saturated rings. The number of aldehydes is 1. The molecule has 4 heteroatoms. The number of benzene rings is 1. The Morgan fingerprint density at radius 3 is 2.83 bits per heavy atom. The summed E-state index contributed by atoms with van der Waals surface area (Å²) in [6.45, 7) is 0.761. The second-order valence-corrected chi connectivity index (χ2v) is 7.89. The third-order valence-electron chi connectivity index (χ3n) is 3.89. The number of rotatable bonds is 3. The monoisotopic (exact) mass is 309 g/mol. The molecule has 0 N–H and O–H groups in total. The third-order valence-corrected chi connectivity index (χ3v) is 6.95. The predicted molar refractivity (Wildman–Crippen MR) is 69.9 cm³/mol. The SMILES string of the molecule is O=CC1([Se]c2ccccc2)CCN2C(=O)CCC21. The molecule has 18 heavy (non-hydrogen) atoms. The molecule has 0 saturated carbocycles. The van der Waals surface area contributed by atoms with E-state index in [4.69, 9.17) is 0 Å². The summed E-state index contributed by atoms with van der Waals surface area (Å²) in [4.78, 5) is 25.3. The van der Waals surface area contributed by atoms with Crippen LogP contribution in [0.25, 0.3) is 0 Å². The Balaban J connectivity index is 1.88. The fraction of sp³-hybridized carbons (Fsp3) is 0.429. The number of carbonyl (C=O) groups excluding carboxylic acids is 2. The van der Waals surface area contributed by atoms with E-state index in [2.05, 4.69) is 12.1 Å². The van der Waals surface area contributed by atoms with Crippen molar-refractivity contribution >= 4 is 31.6 Å². The van der Waals surface area contributed by atoms with Crippen molar-refractivity contribution in [1.29, 1.82) is 0 Å². The van der Waals surface area contributed by atoms with Crippen molar-refractivity contribution in [3.63, 3.8) is 0 Å². The van der Waals surface area contributed by atoms with Crippen LogP contribution in [0, 0.1) is 0 Å². The molecule has 0 aromatic heterocycles. The Hall–Kier alpha value is -1.12. The molecule has 2 unspecified atom stereocenters. The van der Waals surface area contributed by atoms with Crippen LogP contribution < -0.4 is 4.46 Å². The second-order valence-electron chi connectivity index (χ2n) is 4.88. The van der Waals surface area contributed by atoms with E-state index in [-0.39, 0.29) is 31.2 Å². The molecular weight excluding hydrogens is 293 g/mol. The van der Waals surface area contributed by atoms with Gasteiger partial charge < -0.3 is 0 Å². The van der Waals surface area contributed by atoms with Gasteiger partial charge in [0, 0.05) is 0 Å². The first-order valence-electron chi connectivity index (χ1n) is 6.25. The van der Waals surface area contributed by atoms with Crippen LogP contribution in [0.2, 0.25) is 4.31 Å². The van der Waals surface area contributed by atoms with Crippen LogP contribution in [0.5, 0.6) is 0 Å². The van der Waals surface area contributed by atoms with E-state index >= 15 is 0 Å². The number of amides is 1. The Morgan fingerprint density at radius 1 is 1.33 bits per heavy atom. The van der Waals surface area contributed by atoms with Gasteiger partial charge in [0.15, 0.2) is 0 Å². The number of nitrogens with zero attached hydrogens (tertiary/aromatic N) is 1. The van der Waals surface area contributed by atoms with Crippen LogP contribution in [0.3, 0.4) is 0 Å². The Morgan fingerprint density at radius 2 is 2.11 bits per heavy atom. The molecule has 0 bridgehead atoms. The zero-order valence-corrected chi connectivity index (χ0v) is 11.8. The van der Waals surface area contributed by atoms with Gasteiger partial charge in [-0.15, -0.1) is 0 Å². The van der Waals surface area contributed by atoms with Gasteiger partial charge in [-0.3, -0.25) is 0 Å². The molecule has 0 radical (unpaired) electrons. The molecule has 2 saturated heterocycles. The molecule has 3 nitrogen and oxygen atoms in total. The summed E-state index contributed by atoms with van der Waals surface area (Å²) in [5, 5.41) is 0. The van der Waals surface area contributed by atoms with Crippen LogP contribution in [0.4, 0.5) is 0 Å². The molecule has 2 aliphatic rings. The van der Waals surface area contributed by atoms with Crippen LogP contribution >= 0.6 is 0 Å². The minimum atomic E-state index is -0.291. The summed E-state index contributed by atoms with van der Waals surface area (Å²) in [6.07, 6.45) is 3.43. The van der Waals surface area contributed by atoms with Crippen molar-refractivity contribution in [2.24, 2.45) is 0 Å². The van der Waals surface area contributed by atoms with Gasteiger partial charge in [0.25, 0.3) is 0 Å². The first-order chi connectivity index (χ1) is 8.75. The fourth-order valence-corrected chi connectivity index (χ4v) is 5.81. The second kappa shape index (κ2) is 4.52. The summed E-state index contributed by atoms with van der Waals surface area (Å²) in [7, 11) is 0. The van der Waals surface area contributed by atoms with Gasteiger partial charge in [0.1, 0.15) is 0 Å². The van der Waals surface area contributed by atoms with Gasteiger partial charge in [0.2, 0.25) is 0 Å². The van der Waals surface area contributed by atoms with Crippen molar-refractivity contribution in [2.45, 2.75) is 29.6 Å². The summed E-state index contributed by atoms with van der Waals surface area (Å²) < 4.78 is 0.957. The van der Waals surface area contributed by atoms with Crippen LogP contribution in [0.1, 0.15) is 19.3 Å². The number of hydrogen-bond donors (Lipinski definition) is 0. The first kappa shape index (κ1) is 11.9. The summed E-state index contributed by atoms with van der Waals surface area (Å²) in [5.74, 6) is 0.229. The molecule has 3 rings (SSSR count). The molecule has 0 spiro atoms. The number of carbonyl (C=O) groups is 2. The van der Waals surface area contributed by atoms with Crippen molar-refractivity contribution in [3.05, 3.63) is 30.3 Å². The van der Waals surface area contributed by atoms with Crippen molar-refractivity contribution in [3.8, 4) is 0 Å². The molecule has 0 aliphatic carbocycles. The van der Waals surface area contributed by atoms with E-state index in [1.165, 1.54) is 4.46 Å². The molecule has 1 amide bonds. The van der Waals surface area contributed by atoms with E-state index in [0.29, 0.717) is 6.42 Å². The Bertz CT molecular complexity index is 476. The third kappa shape index (κ3) is 1.80. The van der Waals surface area contributed by atoms with Crippen LogP contribution in [-0.4, -0.2) is 44.6 Å². The molecular formula is C14H15NO2Se. The average molecular weight is 308 g/mol. The van der Waals surface area contributed by atoms with Gasteiger partial charge in [-0.05, 0) is 0 Å². The van der Waals surface area contributed by atoms with Crippen molar-refractivity contribution in [1.82, 2.24) is 4.90 Å². The Labute approximate surface area is 113 Å². The van der Waals surface area contributed by atoms with Crippen LogP contribution in [0.15, 0.2) is 30.3 Å². The normalized spacial score (nSPS) is 30.6. The molecule has 1 aromatic rings. The summed E-state index contributed by atoms with van der Waals surface area (Å²) >= 11 is 0.111. The van der Waals surface area contributed by atoms with Gasteiger partial charge >= 0.3 is 113 Å². The molecule has 1 aromatic carbocycles. The standard InChI is InChI=1S/C14H15NO2Se/c16-10-14(18-11-4-2-1-3-5-11)8-9-15-12(14)6-7-13(15)17/h1-5,10,12H,6-9H2. The topological polar surface area (TPSA) is 37.4 Å². The van der Waals surface area contributed by atoms with Gasteiger partial charge in [-0.2, -0.15) is 0 Å². The van der Waals surface area contributed by atoms with Gasteiger partial charge in [-0.25, -0.2) is 0 Å². The zero-order chi connectivity index (χ0) is 12.6. The van der Waals surface area contributed by atoms with Gasteiger partial charge in [0.05, 0.1) is 0 Å². The fourth-order valence-electron chi connectivity index (χ4n) is 2.97. The minimum absolute atomic E-state index is 0.111. The summed E-state index contributed by atoms with van der Waals surface area (Å²) in [5.41, 5.74) is 0.